The molecular formula is C17H14F3NO. The van der Waals surface area contributed by atoms with E-state index in [1.165, 1.54) is 12.1 Å². The van der Waals surface area contributed by atoms with Crippen LogP contribution in [0.5, 0.6) is 5.75 Å². The molecule has 0 spiro atoms. The number of H-pyrrole nitrogens is 1. The van der Waals surface area contributed by atoms with Gasteiger partial charge in [-0.2, -0.15) is 13.2 Å². The summed E-state index contributed by atoms with van der Waals surface area (Å²) in [6.07, 6.45) is -3.15. The molecule has 1 atom stereocenters. The van der Waals surface area contributed by atoms with Crippen LogP contribution in [0.1, 0.15) is 25.5 Å². The minimum absolute atomic E-state index is 0.368. The number of halogens is 3. The lowest BCUT2D eigenvalue weighted by atomic mass is 10.1. The lowest BCUT2D eigenvalue weighted by Crippen LogP contribution is -2.07. The molecule has 0 amide bonds. The molecule has 22 heavy (non-hydrogen) atoms. The number of ether oxygens (including phenoxy) is 1. The van der Waals surface area contributed by atoms with Crippen LogP contribution in [0.25, 0.3) is 10.9 Å². The van der Waals surface area contributed by atoms with Crippen LogP contribution in [0.15, 0.2) is 54.7 Å². The van der Waals surface area contributed by atoms with Gasteiger partial charge < -0.3 is 9.72 Å². The Hall–Kier alpha value is -2.43. The van der Waals surface area contributed by atoms with E-state index in [1.54, 1.807) is 25.3 Å². The van der Waals surface area contributed by atoms with E-state index >= 15 is 0 Å². The van der Waals surface area contributed by atoms with Gasteiger partial charge in [-0.1, -0.05) is 12.1 Å². The van der Waals surface area contributed by atoms with Crippen molar-refractivity contribution in [3.63, 3.8) is 0 Å². The monoisotopic (exact) mass is 306 g/mol. The third-order valence-corrected chi connectivity index (χ3v) is 3.47. The van der Waals surface area contributed by atoms with Crippen LogP contribution < -0.4 is 4.74 Å². The maximum atomic E-state index is 12.6. The first-order chi connectivity index (χ1) is 10.8. The van der Waals surface area contributed by atoms with Crippen LogP contribution >= 0.6 is 0 Å². The lowest BCUT2D eigenvalue weighted by Gasteiger charge is -2.16. The fourth-order valence-corrected chi connectivity index (χ4v) is 2.25. The maximum absolute atomic E-state index is 12.6. The molecule has 0 bridgehead atoms. The van der Waals surface area contributed by atoms with Crippen molar-refractivity contribution in [2.45, 2.75) is 19.2 Å². The van der Waals surface area contributed by atoms with Gasteiger partial charge >= 0.3 is 6.18 Å². The molecule has 2 nitrogen and oxygen atoms in total. The molecule has 0 saturated heterocycles. The van der Waals surface area contributed by atoms with E-state index in [4.69, 9.17) is 6.11 Å². The van der Waals surface area contributed by atoms with Crippen molar-refractivity contribution in [1.29, 1.82) is 0 Å². The average Bonchev–Trinajstić information content (AvgIpc) is 2.88. The molecule has 114 valence electrons. The molecule has 2 aromatic carbocycles. The second-order valence-electron chi connectivity index (χ2n) is 5.02. The maximum Gasteiger partial charge on any atom is 0.416 e. The number of alkyl halides is 3. The zero-order valence-electron chi connectivity index (χ0n) is 12.7. The van der Waals surface area contributed by atoms with E-state index in [1.807, 2.05) is 6.07 Å². The summed E-state index contributed by atoms with van der Waals surface area (Å²) in [5.41, 5.74) is 0.809. The fraction of sp³-hybridized carbons (Fsp3) is 0.176. The Labute approximate surface area is 126 Å². The largest absolute Gasteiger partial charge is 0.486 e. The Morgan fingerprint density at radius 1 is 1.14 bits per heavy atom. The standard InChI is InChI=1S/C17H14F3NO/c1-11(12-2-4-14(5-3-12)17(18,19)20)22-15-6-7-16-13(10-15)8-9-21-16/h2-11,21H,1H3/i8D. The summed E-state index contributed by atoms with van der Waals surface area (Å²) in [7, 11) is 0. The quantitative estimate of drug-likeness (QED) is 0.695. The van der Waals surface area contributed by atoms with Crippen LogP contribution in [-0.4, -0.2) is 4.98 Å². The van der Waals surface area contributed by atoms with E-state index in [2.05, 4.69) is 4.98 Å². The summed E-state index contributed by atoms with van der Waals surface area (Å²) >= 11 is 0. The number of hydrogen-bond acceptors (Lipinski definition) is 1. The van der Waals surface area contributed by atoms with Crippen LogP contribution in [0.4, 0.5) is 13.2 Å². The first-order valence-electron chi connectivity index (χ1n) is 7.26. The summed E-state index contributed by atoms with van der Waals surface area (Å²) in [6.45, 7) is 1.77. The minimum Gasteiger partial charge on any atom is -0.486 e. The third kappa shape index (κ3) is 2.93. The van der Waals surface area contributed by atoms with Gasteiger partial charge in [0.1, 0.15) is 11.9 Å². The van der Waals surface area contributed by atoms with Crippen molar-refractivity contribution in [1.82, 2.24) is 4.98 Å². The predicted molar refractivity (Wildman–Crippen MR) is 78.8 cm³/mol. The molecule has 1 unspecified atom stereocenters. The molecule has 0 radical (unpaired) electrons. The topological polar surface area (TPSA) is 25.0 Å². The SMILES string of the molecule is [2H]c1c[nH]c2ccc(OC(C)c3ccc(C(F)(F)F)cc3)cc12. The van der Waals surface area contributed by atoms with Crippen molar-refractivity contribution < 1.29 is 19.3 Å². The fourth-order valence-electron chi connectivity index (χ4n) is 2.25. The highest BCUT2D eigenvalue weighted by molar-refractivity contribution is 5.80. The van der Waals surface area contributed by atoms with E-state index in [0.29, 0.717) is 17.4 Å². The molecule has 1 N–H and O–H groups in total. The molecule has 3 aromatic rings. The molecule has 1 heterocycles. The molecule has 0 fully saturated rings. The molecule has 1 aromatic heterocycles. The molecule has 0 saturated carbocycles. The highest BCUT2D eigenvalue weighted by atomic mass is 19.4. The predicted octanol–water partition coefficient (Wildman–Crippen LogP) is 5.33. The van der Waals surface area contributed by atoms with Gasteiger partial charge in [0.15, 0.2) is 0 Å². The first-order valence-corrected chi connectivity index (χ1v) is 6.76. The number of nitrogens with one attached hydrogen (secondary N) is 1. The molecule has 0 aliphatic carbocycles. The van der Waals surface area contributed by atoms with E-state index in [0.717, 1.165) is 23.0 Å². The van der Waals surface area contributed by atoms with E-state index < -0.39 is 17.8 Å². The zero-order valence-corrected chi connectivity index (χ0v) is 11.7. The third-order valence-electron chi connectivity index (χ3n) is 3.47. The van der Waals surface area contributed by atoms with Gasteiger partial charge in [-0.15, -0.1) is 0 Å². The lowest BCUT2D eigenvalue weighted by molar-refractivity contribution is -0.137. The zero-order chi connectivity index (χ0) is 16.6. The summed E-state index contributed by atoms with van der Waals surface area (Å²) in [6, 6.07) is 10.6. The summed E-state index contributed by atoms with van der Waals surface area (Å²) < 4.78 is 51.3. The second-order valence-corrected chi connectivity index (χ2v) is 5.02. The molecule has 0 aliphatic rings. The van der Waals surface area contributed by atoms with Crippen molar-refractivity contribution in [2.24, 2.45) is 0 Å². The van der Waals surface area contributed by atoms with Crippen LogP contribution in [-0.2, 0) is 6.18 Å². The number of benzene rings is 2. The van der Waals surface area contributed by atoms with Gasteiger partial charge in [0.25, 0.3) is 0 Å². The Balaban J connectivity index is 1.79. The highest BCUT2D eigenvalue weighted by Crippen LogP contribution is 2.31. The number of fused-ring (bicyclic) bond motifs is 1. The highest BCUT2D eigenvalue weighted by Gasteiger charge is 2.30. The number of rotatable bonds is 3. The minimum atomic E-state index is -4.34. The van der Waals surface area contributed by atoms with Crippen molar-refractivity contribution in [2.75, 3.05) is 0 Å². The molecule has 0 aliphatic heterocycles. The van der Waals surface area contributed by atoms with Gasteiger partial charge in [-0.3, -0.25) is 0 Å². The van der Waals surface area contributed by atoms with Gasteiger partial charge in [0.05, 0.1) is 6.93 Å². The van der Waals surface area contributed by atoms with Crippen molar-refractivity contribution >= 4 is 10.9 Å². The summed E-state index contributed by atoms with van der Waals surface area (Å²) in [5, 5.41) is 0.738. The molecule has 3 rings (SSSR count). The Kier molecular flexibility index (Phi) is 3.25. The van der Waals surface area contributed by atoms with Gasteiger partial charge in [-0.05, 0) is 48.9 Å². The van der Waals surface area contributed by atoms with Gasteiger partial charge in [0, 0.05) is 17.1 Å². The van der Waals surface area contributed by atoms with Gasteiger partial charge in [0.2, 0.25) is 0 Å². The van der Waals surface area contributed by atoms with Gasteiger partial charge in [-0.25, -0.2) is 0 Å². The van der Waals surface area contributed by atoms with Crippen molar-refractivity contribution in [3.05, 3.63) is 65.8 Å². The number of hydrogen-bond donors (Lipinski definition) is 1. The van der Waals surface area contributed by atoms with Crippen LogP contribution in [0.2, 0.25) is 0 Å². The van der Waals surface area contributed by atoms with Crippen molar-refractivity contribution in [3.8, 4) is 5.75 Å². The van der Waals surface area contributed by atoms with Crippen LogP contribution in [0, 0.1) is 0 Å². The summed E-state index contributed by atoms with van der Waals surface area (Å²) in [4.78, 5) is 2.97. The number of aromatic nitrogens is 1. The number of aromatic amines is 1. The Bertz CT molecular complexity index is 824. The summed E-state index contributed by atoms with van der Waals surface area (Å²) in [5.74, 6) is 0.568. The van der Waals surface area contributed by atoms with Crippen LogP contribution in [0.3, 0.4) is 0 Å². The molecular weight excluding hydrogens is 291 g/mol. The second kappa shape index (κ2) is 5.40. The Morgan fingerprint density at radius 3 is 2.55 bits per heavy atom. The normalized spacial score (nSPS) is 13.9. The average molecular weight is 306 g/mol. The smallest absolute Gasteiger partial charge is 0.416 e. The Morgan fingerprint density at radius 2 is 1.86 bits per heavy atom. The molecule has 5 heteroatoms. The van der Waals surface area contributed by atoms with E-state index in [-0.39, 0.29) is 0 Å². The van der Waals surface area contributed by atoms with E-state index in [9.17, 15) is 13.2 Å². The first kappa shape index (κ1) is 13.2.